The number of hydrogen-bond donors (Lipinski definition) is 3. The van der Waals surface area contributed by atoms with Gasteiger partial charge in [0.15, 0.2) is 0 Å². The van der Waals surface area contributed by atoms with Crippen molar-refractivity contribution >= 4 is 6.03 Å². The molecule has 2 amide bonds. The van der Waals surface area contributed by atoms with Crippen LogP contribution in [0.2, 0.25) is 0 Å². The Kier molecular flexibility index (Phi) is 6.99. The Labute approximate surface area is 142 Å². The average Bonchev–Trinajstić information content (AvgIpc) is 2.59. The fraction of sp³-hybridized carbons (Fsp3) is 0.611. The average molecular weight is 338 g/mol. The number of amides is 2. The van der Waals surface area contributed by atoms with Gasteiger partial charge in [-0.15, -0.1) is 0 Å². The zero-order chi connectivity index (χ0) is 17.4. The molecule has 0 saturated heterocycles. The summed E-state index contributed by atoms with van der Waals surface area (Å²) in [5.74, 6) is -0.246. The molecular formula is C18H27FN2O3. The first-order chi connectivity index (χ1) is 11.6. The Bertz CT molecular complexity index is 533. The van der Waals surface area contributed by atoms with E-state index in [4.69, 9.17) is 4.74 Å². The van der Waals surface area contributed by atoms with E-state index >= 15 is 0 Å². The van der Waals surface area contributed by atoms with Gasteiger partial charge in [-0.1, -0.05) is 31.4 Å². The number of urea groups is 1. The van der Waals surface area contributed by atoms with Crippen molar-refractivity contribution < 1.29 is 19.0 Å². The predicted molar refractivity (Wildman–Crippen MR) is 90.4 cm³/mol. The number of rotatable bonds is 7. The van der Waals surface area contributed by atoms with Gasteiger partial charge in [0, 0.05) is 25.6 Å². The molecule has 1 fully saturated rings. The molecule has 1 unspecified atom stereocenters. The molecule has 0 heterocycles. The third-order valence-corrected chi connectivity index (χ3v) is 4.69. The van der Waals surface area contributed by atoms with Crippen LogP contribution in [0.4, 0.5) is 9.18 Å². The van der Waals surface area contributed by atoms with Gasteiger partial charge in [0.25, 0.3) is 0 Å². The van der Waals surface area contributed by atoms with Crippen LogP contribution in [0, 0.1) is 5.82 Å². The summed E-state index contributed by atoms with van der Waals surface area (Å²) in [6.45, 7) is 0.767. The Morgan fingerprint density at radius 1 is 1.33 bits per heavy atom. The lowest BCUT2D eigenvalue weighted by atomic mass is 9.69. The monoisotopic (exact) mass is 338 g/mol. The lowest BCUT2D eigenvalue weighted by Gasteiger charge is -2.38. The highest BCUT2D eigenvalue weighted by atomic mass is 19.1. The number of nitrogens with one attached hydrogen (secondary N) is 2. The molecular weight excluding hydrogens is 311 g/mol. The molecule has 24 heavy (non-hydrogen) atoms. The molecule has 0 radical (unpaired) electrons. The van der Waals surface area contributed by atoms with E-state index < -0.39 is 6.10 Å². The van der Waals surface area contributed by atoms with Gasteiger partial charge in [-0.3, -0.25) is 0 Å². The lowest BCUT2D eigenvalue weighted by molar-refractivity contribution is 0.0659. The molecule has 1 aliphatic carbocycles. The number of carbonyl (C=O) groups is 1. The smallest absolute Gasteiger partial charge is 0.314 e. The molecule has 5 nitrogen and oxygen atoms in total. The van der Waals surface area contributed by atoms with Gasteiger partial charge >= 0.3 is 6.03 Å². The Morgan fingerprint density at radius 2 is 2.08 bits per heavy atom. The first-order valence-electron chi connectivity index (χ1n) is 8.50. The highest BCUT2D eigenvalue weighted by molar-refractivity contribution is 5.74. The maximum absolute atomic E-state index is 13.6. The first-order valence-corrected chi connectivity index (χ1v) is 8.50. The van der Waals surface area contributed by atoms with Crippen molar-refractivity contribution in [3.8, 4) is 0 Å². The van der Waals surface area contributed by atoms with Gasteiger partial charge < -0.3 is 20.5 Å². The fourth-order valence-electron chi connectivity index (χ4n) is 3.39. The molecule has 1 aromatic rings. The molecule has 0 aliphatic heterocycles. The Balaban J connectivity index is 1.96. The molecule has 0 spiro atoms. The number of benzene rings is 1. The summed E-state index contributed by atoms with van der Waals surface area (Å²) in [5, 5.41) is 15.1. The maximum atomic E-state index is 13.6. The van der Waals surface area contributed by atoms with Crippen LogP contribution in [0.15, 0.2) is 24.3 Å². The Hall–Kier alpha value is -1.66. The second kappa shape index (κ2) is 8.99. The van der Waals surface area contributed by atoms with E-state index in [1.165, 1.54) is 19.6 Å². The number of ether oxygens (including phenoxy) is 1. The van der Waals surface area contributed by atoms with Crippen molar-refractivity contribution in [1.82, 2.24) is 10.6 Å². The van der Waals surface area contributed by atoms with Crippen molar-refractivity contribution in [1.29, 1.82) is 0 Å². The van der Waals surface area contributed by atoms with E-state index in [0.717, 1.165) is 31.2 Å². The molecule has 2 rings (SSSR count). The fourth-order valence-corrected chi connectivity index (χ4v) is 3.39. The van der Waals surface area contributed by atoms with Gasteiger partial charge in [0.2, 0.25) is 0 Å². The lowest BCUT2D eigenvalue weighted by Crippen LogP contribution is -2.47. The summed E-state index contributed by atoms with van der Waals surface area (Å²) in [6.07, 6.45) is 4.46. The minimum Gasteiger partial charge on any atom is -0.389 e. The predicted octanol–water partition coefficient (Wildman–Crippen LogP) is 2.33. The van der Waals surface area contributed by atoms with Gasteiger partial charge in [-0.25, -0.2) is 9.18 Å². The number of carbonyl (C=O) groups excluding carboxylic acids is 1. The molecule has 3 N–H and O–H groups in total. The van der Waals surface area contributed by atoms with Crippen molar-refractivity contribution in [3.05, 3.63) is 35.6 Å². The third kappa shape index (κ3) is 5.18. The molecule has 1 saturated carbocycles. The standard InChI is InChI=1S/C18H27FN2O3/c1-24-12-16(22)11-20-17(23)21-13-18(8-3-2-4-9-18)14-6-5-7-15(19)10-14/h5-7,10,16,22H,2-4,8-9,11-13H2,1H3,(H2,20,21,23). The number of aliphatic hydroxyl groups is 1. The summed E-state index contributed by atoms with van der Waals surface area (Å²) in [5.41, 5.74) is 0.727. The first kappa shape index (κ1) is 18.7. The summed E-state index contributed by atoms with van der Waals surface area (Å²) in [6, 6.07) is 6.36. The van der Waals surface area contributed by atoms with E-state index in [-0.39, 0.29) is 30.4 Å². The van der Waals surface area contributed by atoms with Crippen LogP contribution >= 0.6 is 0 Å². The topological polar surface area (TPSA) is 70.6 Å². The van der Waals surface area contributed by atoms with Crippen LogP contribution in [0.3, 0.4) is 0 Å². The number of halogens is 1. The van der Waals surface area contributed by atoms with Crippen molar-refractivity contribution in [2.24, 2.45) is 0 Å². The summed E-state index contributed by atoms with van der Waals surface area (Å²) in [4.78, 5) is 12.0. The summed E-state index contributed by atoms with van der Waals surface area (Å²) >= 11 is 0. The molecule has 1 atom stereocenters. The van der Waals surface area contributed by atoms with E-state index in [1.54, 1.807) is 12.1 Å². The van der Waals surface area contributed by atoms with E-state index in [1.807, 2.05) is 6.07 Å². The van der Waals surface area contributed by atoms with Gasteiger partial charge in [-0.2, -0.15) is 0 Å². The molecule has 1 aliphatic rings. The highest BCUT2D eigenvalue weighted by Gasteiger charge is 2.34. The summed E-state index contributed by atoms with van der Waals surface area (Å²) < 4.78 is 18.5. The highest BCUT2D eigenvalue weighted by Crippen LogP contribution is 2.39. The molecule has 0 bridgehead atoms. The molecule has 1 aromatic carbocycles. The zero-order valence-corrected chi connectivity index (χ0v) is 14.2. The minimum atomic E-state index is -0.729. The molecule has 134 valence electrons. The molecule has 6 heteroatoms. The van der Waals surface area contributed by atoms with Crippen LogP contribution in [0.1, 0.15) is 37.7 Å². The van der Waals surface area contributed by atoms with Crippen LogP contribution < -0.4 is 10.6 Å². The van der Waals surface area contributed by atoms with E-state index in [2.05, 4.69) is 10.6 Å². The quantitative estimate of drug-likeness (QED) is 0.715. The van der Waals surface area contributed by atoms with E-state index in [9.17, 15) is 14.3 Å². The van der Waals surface area contributed by atoms with Gasteiger partial charge in [0.1, 0.15) is 5.82 Å². The normalized spacial score (nSPS) is 18.0. The largest absolute Gasteiger partial charge is 0.389 e. The number of aliphatic hydroxyl groups excluding tert-OH is 1. The maximum Gasteiger partial charge on any atom is 0.314 e. The number of methoxy groups -OCH3 is 1. The minimum absolute atomic E-state index is 0.132. The van der Waals surface area contributed by atoms with Crippen molar-refractivity contribution in [2.75, 3.05) is 26.8 Å². The SMILES string of the molecule is COCC(O)CNC(=O)NCC1(c2cccc(F)c2)CCCCC1. The van der Waals surface area contributed by atoms with E-state index in [0.29, 0.717) is 6.54 Å². The van der Waals surface area contributed by atoms with Crippen LogP contribution in [-0.4, -0.2) is 44.0 Å². The van der Waals surface area contributed by atoms with Crippen molar-refractivity contribution in [2.45, 2.75) is 43.6 Å². The van der Waals surface area contributed by atoms with Crippen LogP contribution in [0.5, 0.6) is 0 Å². The van der Waals surface area contributed by atoms with Gasteiger partial charge in [0.05, 0.1) is 12.7 Å². The summed E-state index contributed by atoms with van der Waals surface area (Å²) in [7, 11) is 1.50. The number of hydrogen-bond acceptors (Lipinski definition) is 3. The van der Waals surface area contributed by atoms with Crippen LogP contribution in [0.25, 0.3) is 0 Å². The molecule has 0 aromatic heterocycles. The second-order valence-electron chi connectivity index (χ2n) is 6.52. The Morgan fingerprint density at radius 3 is 2.75 bits per heavy atom. The van der Waals surface area contributed by atoms with Crippen molar-refractivity contribution in [3.63, 3.8) is 0 Å². The third-order valence-electron chi connectivity index (χ3n) is 4.69. The zero-order valence-electron chi connectivity index (χ0n) is 14.2. The van der Waals surface area contributed by atoms with Gasteiger partial charge in [-0.05, 0) is 30.5 Å². The van der Waals surface area contributed by atoms with Crippen LogP contribution in [-0.2, 0) is 10.2 Å². The second-order valence-corrected chi connectivity index (χ2v) is 6.52.